The highest BCUT2D eigenvalue weighted by Gasteiger charge is 2.53. The normalized spacial score (nSPS) is 30.1. The maximum atomic E-state index is 13.2. The quantitative estimate of drug-likeness (QED) is 0.244. The largest absolute Gasteiger partial charge is 0.483 e. The number of esters is 1. The van der Waals surface area contributed by atoms with Gasteiger partial charge in [0.25, 0.3) is 0 Å². The Bertz CT molecular complexity index is 1360. The second-order valence-electron chi connectivity index (χ2n) is 12.9. The second-order valence-corrected chi connectivity index (χ2v) is 12.9. The molecular weight excluding hydrogens is 586 g/mol. The summed E-state index contributed by atoms with van der Waals surface area (Å²) in [5, 5.41) is 45.3. The Labute approximate surface area is 262 Å². The molecule has 4 aliphatic rings. The molecule has 0 unspecified atom stereocenters. The van der Waals surface area contributed by atoms with Crippen molar-refractivity contribution in [2.75, 3.05) is 19.8 Å². The Morgan fingerprint density at radius 1 is 1.02 bits per heavy atom. The molecule has 2 saturated heterocycles. The van der Waals surface area contributed by atoms with Crippen LogP contribution < -0.4 is 14.8 Å². The summed E-state index contributed by atoms with van der Waals surface area (Å²) in [7, 11) is 0. The number of hydrogen-bond acceptors (Lipinski definition) is 11. The number of ether oxygens (including phenoxy) is 4. The lowest BCUT2D eigenvalue weighted by molar-refractivity contribution is -0.277. The lowest BCUT2D eigenvalue weighted by atomic mass is 9.72. The van der Waals surface area contributed by atoms with E-state index >= 15 is 0 Å². The Morgan fingerprint density at radius 2 is 1.78 bits per heavy atom. The lowest BCUT2D eigenvalue weighted by Crippen LogP contribution is -2.60. The van der Waals surface area contributed by atoms with Gasteiger partial charge in [-0.05, 0) is 63.5 Å². The summed E-state index contributed by atoms with van der Waals surface area (Å²) in [4.78, 5) is 25.7. The van der Waals surface area contributed by atoms with Crippen molar-refractivity contribution in [1.82, 2.24) is 5.32 Å². The fraction of sp³-hybridized carbons (Fsp3) is 0.697. The first-order valence-corrected chi connectivity index (χ1v) is 16.4. The van der Waals surface area contributed by atoms with Crippen LogP contribution in [0.2, 0.25) is 0 Å². The summed E-state index contributed by atoms with van der Waals surface area (Å²) in [6.45, 7) is 1.86. The molecule has 0 radical (unpaired) electrons. The Kier molecular flexibility index (Phi) is 9.58. The monoisotopic (exact) mass is 631 g/mol. The fourth-order valence-electron chi connectivity index (χ4n) is 7.70. The molecule has 1 aromatic heterocycles. The lowest BCUT2D eigenvalue weighted by Gasteiger charge is -2.40. The van der Waals surface area contributed by atoms with Crippen LogP contribution in [0.4, 0.5) is 0 Å². The van der Waals surface area contributed by atoms with Crippen molar-refractivity contribution in [3.8, 4) is 11.5 Å². The van der Waals surface area contributed by atoms with Gasteiger partial charge in [-0.1, -0.05) is 19.3 Å². The summed E-state index contributed by atoms with van der Waals surface area (Å²) in [5.41, 5.74) is 1.37. The average Bonchev–Trinajstić information content (AvgIpc) is 3.78. The molecule has 2 aromatic rings. The molecule has 5 N–H and O–H groups in total. The van der Waals surface area contributed by atoms with Crippen molar-refractivity contribution in [3.05, 3.63) is 23.5 Å². The van der Waals surface area contributed by atoms with Gasteiger partial charge in [0, 0.05) is 29.8 Å². The number of benzene rings is 1. The van der Waals surface area contributed by atoms with Gasteiger partial charge in [-0.3, -0.25) is 9.59 Å². The van der Waals surface area contributed by atoms with Crippen LogP contribution >= 0.6 is 0 Å². The van der Waals surface area contributed by atoms with Gasteiger partial charge < -0.3 is 49.1 Å². The third kappa shape index (κ3) is 6.03. The molecule has 1 aromatic carbocycles. The van der Waals surface area contributed by atoms with Gasteiger partial charge in [0.1, 0.15) is 24.4 Å². The smallest absolute Gasteiger partial charge is 0.306 e. The number of carbonyl (C=O) groups excluding carboxylic acids is 2. The first-order valence-electron chi connectivity index (χ1n) is 16.4. The standard InChI is InChI=1S/C33H45NO11/c1-2-41-24(36)11-10-18-14-20-21(22-15-34-32(40)33(22)12-6-7-13-33)17-42-29(20)30(43-19-8-4-3-5-9-19)28(18)45-31-27(39)26(38)25(37)23(16-35)44-31/h14,17,19,22-23,25-27,31,35,37-39H,2-13,15-16H2,1H3,(H,34,40)/t22-,23+,25+,26-,27+,31+/m0/s1. The SMILES string of the molecule is CCOC(=O)CCc1cc2c([C@@H]3CNC(=O)C34CCCC4)coc2c(OC2CCCCC2)c1O[C@H]1O[C@H](CO)[C@@H](O)[C@H](O)[C@H]1O. The van der Waals surface area contributed by atoms with E-state index in [1.807, 2.05) is 6.07 Å². The van der Waals surface area contributed by atoms with E-state index < -0.39 is 48.7 Å². The summed E-state index contributed by atoms with van der Waals surface area (Å²) in [6, 6.07) is 1.88. The van der Waals surface area contributed by atoms with Crippen LogP contribution in [0.25, 0.3) is 11.0 Å². The Balaban J connectivity index is 1.47. The Morgan fingerprint density at radius 3 is 2.49 bits per heavy atom. The van der Waals surface area contributed by atoms with Gasteiger partial charge in [0.05, 0.1) is 31.0 Å². The van der Waals surface area contributed by atoms with Crippen molar-refractivity contribution in [1.29, 1.82) is 0 Å². The first-order chi connectivity index (χ1) is 21.8. The van der Waals surface area contributed by atoms with Gasteiger partial charge >= 0.3 is 5.97 Å². The minimum absolute atomic E-state index is 0.0356. The van der Waals surface area contributed by atoms with Crippen molar-refractivity contribution in [2.24, 2.45) is 5.41 Å². The zero-order chi connectivity index (χ0) is 31.7. The van der Waals surface area contributed by atoms with Gasteiger partial charge in [0.2, 0.25) is 17.9 Å². The predicted molar refractivity (Wildman–Crippen MR) is 160 cm³/mol. The molecule has 45 heavy (non-hydrogen) atoms. The molecule has 3 heterocycles. The molecule has 2 saturated carbocycles. The van der Waals surface area contributed by atoms with E-state index in [1.54, 1.807) is 13.2 Å². The van der Waals surface area contributed by atoms with Crippen LogP contribution in [0.3, 0.4) is 0 Å². The van der Waals surface area contributed by atoms with Crippen LogP contribution in [-0.2, 0) is 25.5 Å². The minimum Gasteiger partial charge on any atom is -0.483 e. The number of aliphatic hydroxyl groups excluding tert-OH is 4. The van der Waals surface area contributed by atoms with Crippen molar-refractivity contribution < 1.29 is 53.4 Å². The molecule has 4 fully saturated rings. The van der Waals surface area contributed by atoms with Crippen LogP contribution in [-0.4, -0.2) is 88.9 Å². The van der Waals surface area contributed by atoms with E-state index in [0.29, 0.717) is 23.4 Å². The predicted octanol–water partition coefficient (Wildman–Crippen LogP) is 2.59. The van der Waals surface area contributed by atoms with Gasteiger partial charge in [-0.15, -0.1) is 0 Å². The Hall–Kier alpha value is -2.90. The molecule has 0 bridgehead atoms. The summed E-state index contributed by atoms with van der Waals surface area (Å²) >= 11 is 0. The number of fused-ring (bicyclic) bond motifs is 1. The highest BCUT2D eigenvalue weighted by molar-refractivity contribution is 5.93. The highest BCUT2D eigenvalue weighted by Crippen LogP contribution is 2.54. The number of rotatable bonds is 10. The molecule has 12 nitrogen and oxygen atoms in total. The van der Waals surface area contributed by atoms with Crippen LogP contribution in [0.15, 0.2) is 16.7 Å². The summed E-state index contributed by atoms with van der Waals surface area (Å²) < 4.78 is 30.2. The number of hydrogen-bond donors (Lipinski definition) is 5. The molecule has 12 heteroatoms. The van der Waals surface area contributed by atoms with Gasteiger partial charge in [-0.25, -0.2) is 0 Å². The van der Waals surface area contributed by atoms with Crippen molar-refractivity contribution in [2.45, 2.75) is 120 Å². The summed E-state index contributed by atoms with van der Waals surface area (Å²) in [6.07, 6.45) is 2.64. The van der Waals surface area contributed by atoms with E-state index in [1.165, 1.54) is 0 Å². The number of aryl methyl sites for hydroxylation is 1. The van der Waals surface area contributed by atoms with Crippen LogP contribution in [0, 0.1) is 5.41 Å². The molecule has 1 spiro atoms. The molecule has 2 aliphatic heterocycles. The summed E-state index contributed by atoms with van der Waals surface area (Å²) in [5.74, 6) is 0.0432. The van der Waals surface area contributed by atoms with Gasteiger partial charge in [-0.2, -0.15) is 0 Å². The van der Waals surface area contributed by atoms with E-state index in [9.17, 15) is 30.0 Å². The topological polar surface area (TPSA) is 177 Å². The third-order valence-corrected chi connectivity index (χ3v) is 10.2. The molecule has 6 rings (SSSR count). The van der Waals surface area contributed by atoms with E-state index in [2.05, 4.69) is 5.32 Å². The van der Waals surface area contributed by atoms with Crippen molar-refractivity contribution >= 4 is 22.8 Å². The molecule has 1 amide bonds. The molecule has 2 aliphatic carbocycles. The number of carbonyl (C=O) groups is 2. The third-order valence-electron chi connectivity index (χ3n) is 10.2. The minimum atomic E-state index is -1.65. The zero-order valence-corrected chi connectivity index (χ0v) is 25.7. The fourth-order valence-corrected chi connectivity index (χ4v) is 7.70. The van der Waals surface area contributed by atoms with E-state index in [0.717, 1.165) is 68.7 Å². The number of furan rings is 1. The number of nitrogens with one attached hydrogen (secondary N) is 1. The van der Waals surface area contributed by atoms with Crippen LogP contribution in [0.5, 0.6) is 11.5 Å². The number of aliphatic hydroxyl groups is 4. The second kappa shape index (κ2) is 13.4. The maximum absolute atomic E-state index is 13.2. The average molecular weight is 632 g/mol. The van der Waals surface area contributed by atoms with Gasteiger partial charge in [0.15, 0.2) is 11.3 Å². The van der Waals surface area contributed by atoms with Crippen LogP contribution in [0.1, 0.15) is 88.2 Å². The zero-order valence-electron chi connectivity index (χ0n) is 25.7. The van der Waals surface area contributed by atoms with E-state index in [-0.39, 0.29) is 43.1 Å². The highest BCUT2D eigenvalue weighted by atomic mass is 16.7. The molecule has 248 valence electrons. The maximum Gasteiger partial charge on any atom is 0.306 e. The molecule has 6 atom stereocenters. The molecular formula is C33H45NO11. The first kappa shape index (κ1) is 32.1. The van der Waals surface area contributed by atoms with E-state index in [4.69, 9.17) is 23.4 Å². The van der Waals surface area contributed by atoms with Crippen molar-refractivity contribution in [3.63, 3.8) is 0 Å². The number of amides is 1.